The minimum absolute atomic E-state index is 0.0329. The van der Waals surface area contributed by atoms with E-state index >= 15 is 0 Å². The first-order valence-corrected chi connectivity index (χ1v) is 7.81. The van der Waals surface area contributed by atoms with Crippen molar-refractivity contribution in [2.24, 2.45) is 0 Å². The number of thiophene rings is 1. The van der Waals surface area contributed by atoms with Crippen molar-refractivity contribution in [3.8, 4) is 11.5 Å². The fraction of sp³-hybridized carbons (Fsp3) is 0.0714. The Labute approximate surface area is 132 Å². The van der Waals surface area contributed by atoms with Gasteiger partial charge in [0.1, 0.15) is 16.4 Å². The summed E-state index contributed by atoms with van der Waals surface area (Å²) in [4.78, 5) is 11.8. The van der Waals surface area contributed by atoms with Crippen molar-refractivity contribution in [3.05, 3.63) is 53.7 Å². The molecule has 0 aliphatic heterocycles. The van der Waals surface area contributed by atoms with E-state index in [1.165, 1.54) is 29.3 Å². The molecule has 3 aromatic rings. The molecule has 0 aliphatic rings. The zero-order valence-corrected chi connectivity index (χ0v) is 12.5. The van der Waals surface area contributed by atoms with Gasteiger partial charge in [-0.15, -0.1) is 11.3 Å². The first kappa shape index (κ1) is 15.0. The van der Waals surface area contributed by atoms with Gasteiger partial charge in [0, 0.05) is 12.3 Å². The molecule has 0 spiro atoms. The van der Waals surface area contributed by atoms with Gasteiger partial charge in [0.2, 0.25) is 0 Å². The summed E-state index contributed by atoms with van der Waals surface area (Å²) in [6.45, 7) is 0. The molecule has 3 rings (SSSR count). The highest BCUT2D eigenvalue weighted by Crippen LogP contribution is 2.35. The largest absolute Gasteiger partial charge is 0.433 e. The number of hydrogen-bond acceptors (Lipinski definition) is 5. The van der Waals surface area contributed by atoms with E-state index in [1.807, 2.05) is 17.5 Å². The predicted molar refractivity (Wildman–Crippen MR) is 78.7 cm³/mol. The number of halogens is 3. The van der Waals surface area contributed by atoms with Gasteiger partial charge in [-0.2, -0.15) is 13.2 Å². The molecule has 3 heterocycles. The molecule has 0 fully saturated rings. The number of nitrogens with zero attached hydrogens (tertiary/aromatic N) is 3. The number of aromatic nitrogens is 3. The Kier molecular flexibility index (Phi) is 4.12. The molecule has 0 N–H and O–H groups in total. The minimum Gasteiger partial charge on any atom is -0.253 e. The second kappa shape index (κ2) is 6.05. The molecule has 0 atom stereocenters. The average Bonchev–Trinajstić information content (AvgIpc) is 3.00. The number of rotatable bonds is 3. The van der Waals surface area contributed by atoms with Gasteiger partial charge in [0.15, 0.2) is 5.82 Å². The molecule has 3 aromatic heterocycles. The van der Waals surface area contributed by atoms with Gasteiger partial charge < -0.3 is 0 Å². The van der Waals surface area contributed by atoms with Gasteiger partial charge >= 0.3 is 6.18 Å². The number of alkyl halides is 3. The summed E-state index contributed by atoms with van der Waals surface area (Å²) in [5.41, 5.74) is -0.663. The van der Waals surface area contributed by atoms with E-state index in [0.717, 1.165) is 10.3 Å². The number of hydrogen-bond donors (Lipinski definition) is 0. The average molecular weight is 339 g/mol. The van der Waals surface area contributed by atoms with Crippen LogP contribution >= 0.6 is 23.1 Å². The van der Waals surface area contributed by atoms with Crippen molar-refractivity contribution in [3.63, 3.8) is 0 Å². The molecular formula is C14H8F3N3S2. The van der Waals surface area contributed by atoms with Crippen molar-refractivity contribution in [1.82, 2.24) is 15.0 Å². The molecule has 0 aromatic carbocycles. The first-order valence-electron chi connectivity index (χ1n) is 6.11. The van der Waals surface area contributed by atoms with Crippen LogP contribution in [0.25, 0.3) is 11.5 Å². The third-order valence-electron chi connectivity index (χ3n) is 2.59. The molecular weight excluding hydrogens is 331 g/mol. The smallest absolute Gasteiger partial charge is 0.253 e. The second-order valence-electron chi connectivity index (χ2n) is 4.16. The third-order valence-corrected chi connectivity index (χ3v) is 4.54. The molecule has 8 heteroatoms. The van der Waals surface area contributed by atoms with Crippen molar-refractivity contribution < 1.29 is 13.2 Å². The highest BCUT2D eigenvalue weighted by Gasteiger charge is 2.34. The highest BCUT2D eigenvalue weighted by molar-refractivity contribution is 8.01. The Morgan fingerprint density at radius 3 is 2.55 bits per heavy atom. The van der Waals surface area contributed by atoms with E-state index in [9.17, 15) is 13.2 Å². The SMILES string of the molecule is FC(F)(F)c1cc(Sc2cccs2)nc(-c2ccccn2)n1. The summed E-state index contributed by atoms with van der Waals surface area (Å²) < 4.78 is 39.9. The molecule has 0 bridgehead atoms. The van der Waals surface area contributed by atoms with Crippen molar-refractivity contribution in [1.29, 1.82) is 0 Å². The molecule has 0 radical (unpaired) electrons. The third kappa shape index (κ3) is 3.45. The van der Waals surface area contributed by atoms with Gasteiger partial charge in [-0.3, -0.25) is 4.98 Å². The van der Waals surface area contributed by atoms with Crippen molar-refractivity contribution in [2.45, 2.75) is 15.4 Å². The molecule has 0 saturated carbocycles. The predicted octanol–water partition coefficient (Wildman–Crippen LogP) is 4.77. The van der Waals surface area contributed by atoms with Gasteiger partial charge in [-0.05, 0) is 23.6 Å². The number of pyridine rings is 1. The van der Waals surface area contributed by atoms with E-state index < -0.39 is 11.9 Å². The maximum Gasteiger partial charge on any atom is 0.433 e. The molecule has 0 unspecified atom stereocenters. The van der Waals surface area contributed by atoms with Crippen LogP contribution in [0.1, 0.15) is 5.69 Å². The summed E-state index contributed by atoms with van der Waals surface area (Å²) in [5.74, 6) is -0.0329. The highest BCUT2D eigenvalue weighted by atomic mass is 32.2. The monoisotopic (exact) mass is 339 g/mol. The summed E-state index contributed by atoms with van der Waals surface area (Å²) >= 11 is 2.61. The van der Waals surface area contributed by atoms with E-state index in [4.69, 9.17) is 0 Å². The molecule has 0 amide bonds. The van der Waals surface area contributed by atoms with Crippen LogP contribution in [0, 0.1) is 0 Å². The van der Waals surface area contributed by atoms with E-state index in [2.05, 4.69) is 15.0 Å². The Bertz CT molecular complexity index is 759. The van der Waals surface area contributed by atoms with Crippen molar-refractivity contribution >= 4 is 23.1 Å². The van der Waals surface area contributed by atoms with Gasteiger partial charge in [0.25, 0.3) is 0 Å². The van der Waals surface area contributed by atoms with E-state index in [-0.39, 0.29) is 10.9 Å². The van der Waals surface area contributed by atoms with Gasteiger partial charge in [-0.1, -0.05) is 23.9 Å². The van der Waals surface area contributed by atoms with Crippen LogP contribution in [-0.4, -0.2) is 15.0 Å². The molecule has 22 heavy (non-hydrogen) atoms. The topological polar surface area (TPSA) is 38.7 Å². The van der Waals surface area contributed by atoms with Crippen LogP contribution < -0.4 is 0 Å². The Balaban J connectivity index is 2.06. The lowest BCUT2D eigenvalue weighted by Crippen LogP contribution is -2.10. The van der Waals surface area contributed by atoms with Crippen LogP contribution in [-0.2, 0) is 6.18 Å². The lowest BCUT2D eigenvalue weighted by molar-refractivity contribution is -0.141. The molecule has 0 saturated heterocycles. The van der Waals surface area contributed by atoms with E-state index in [1.54, 1.807) is 18.2 Å². The zero-order chi connectivity index (χ0) is 15.6. The molecule has 0 aliphatic carbocycles. The Morgan fingerprint density at radius 2 is 1.91 bits per heavy atom. The van der Waals surface area contributed by atoms with E-state index in [0.29, 0.717) is 5.69 Å². The van der Waals surface area contributed by atoms with Crippen molar-refractivity contribution in [2.75, 3.05) is 0 Å². The van der Waals surface area contributed by atoms with Crippen LogP contribution in [0.4, 0.5) is 13.2 Å². The van der Waals surface area contributed by atoms with Crippen LogP contribution in [0.5, 0.6) is 0 Å². The maximum atomic E-state index is 13.0. The van der Waals surface area contributed by atoms with Gasteiger partial charge in [-0.25, -0.2) is 9.97 Å². The van der Waals surface area contributed by atoms with Crippen LogP contribution in [0.2, 0.25) is 0 Å². The fourth-order valence-electron chi connectivity index (χ4n) is 1.66. The maximum absolute atomic E-state index is 13.0. The summed E-state index contributed by atoms with van der Waals surface area (Å²) in [6, 6.07) is 9.55. The fourth-order valence-corrected chi connectivity index (χ4v) is 3.38. The Hall–Kier alpha value is -1.93. The molecule has 3 nitrogen and oxygen atoms in total. The lowest BCUT2D eigenvalue weighted by Gasteiger charge is -2.09. The van der Waals surface area contributed by atoms with Gasteiger partial charge in [0.05, 0.1) is 4.21 Å². The summed E-state index contributed by atoms with van der Waals surface area (Å²) in [7, 11) is 0. The quantitative estimate of drug-likeness (QED) is 0.644. The summed E-state index contributed by atoms with van der Waals surface area (Å²) in [6.07, 6.45) is -3.04. The molecule has 112 valence electrons. The Morgan fingerprint density at radius 1 is 1.05 bits per heavy atom. The lowest BCUT2D eigenvalue weighted by atomic mass is 10.3. The normalized spacial score (nSPS) is 11.6. The minimum atomic E-state index is -4.53. The standard InChI is InChI=1S/C14H8F3N3S2/c15-14(16,17)10-8-11(22-12-5-3-7-21-12)20-13(19-10)9-4-1-2-6-18-9/h1-8H. The first-order chi connectivity index (χ1) is 10.5. The zero-order valence-electron chi connectivity index (χ0n) is 10.9. The van der Waals surface area contributed by atoms with Crippen LogP contribution in [0.15, 0.2) is 57.2 Å². The second-order valence-corrected chi connectivity index (χ2v) is 6.43. The van der Waals surface area contributed by atoms with Crippen LogP contribution in [0.3, 0.4) is 0 Å². The summed E-state index contributed by atoms with van der Waals surface area (Å²) in [5, 5.41) is 2.10.